The summed E-state index contributed by atoms with van der Waals surface area (Å²) in [5, 5.41) is 3.07. The average molecular weight is 953 g/mol. The Morgan fingerprint density at radius 2 is 1.25 bits per heavy atom. The van der Waals surface area contributed by atoms with E-state index in [9.17, 15) is 19.2 Å². The molecule has 3 saturated carbocycles. The highest BCUT2D eigenvalue weighted by molar-refractivity contribution is 5.93. The number of unbranched alkanes of at least 4 members (excludes halogenated alkanes) is 1. The zero-order valence-electron chi connectivity index (χ0n) is 47.6. The number of carbonyl (C=O) groups is 4. The van der Waals surface area contributed by atoms with Crippen LogP contribution in [0.2, 0.25) is 0 Å². The zero-order chi connectivity index (χ0) is 53.0. The van der Waals surface area contributed by atoms with E-state index >= 15 is 0 Å². The minimum Gasteiger partial charge on any atom is -0.469 e. The van der Waals surface area contributed by atoms with Crippen LogP contribution in [0.5, 0.6) is 0 Å². The van der Waals surface area contributed by atoms with E-state index in [4.69, 9.17) is 9.98 Å². The summed E-state index contributed by atoms with van der Waals surface area (Å²) in [6.07, 6.45) is 15.6. The molecule has 1 aromatic rings. The van der Waals surface area contributed by atoms with E-state index in [0.717, 1.165) is 56.6 Å². The van der Waals surface area contributed by atoms with Crippen LogP contribution in [0.3, 0.4) is 0 Å². The Labute approximate surface area is 418 Å². The van der Waals surface area contributed by atoms with Gasteiger partial charge in [-0.3, -0.25) is 29.2 Å². The van der Waals surface area contributed by atoms with Crippen molar-refractivity contribution >= 4 is 40.7 Å². The highest BCUT2D eigenvalue weighted by atomic mass is 16.5. The molecular weight excluding hydrogens is 849 g/mol. The molecule has 4 aliphatic rings. The third-order valence-electron chi connectivity index (χ3n) is 14.5. The predicted octanol–water partition coefficient (Wildman–Crippen LogP) is 14.6. The molecule has 0 aromatic heterocycles. The number of benzene rings is 1. The molecule has 1 aliphatic heterocycles. The number of aliphatic imine (C=N–C) groups is 2. The third kappa shape index (κ3) is 17.7. The number of nitrogens with zero attached hydrogens (tertiary/aromatic N) is 3. The molecule has 6 atom stereocenters. The molecule has 1 saturated heterocycles. The second-order valence-electron chi connectivity index (χ2n) is 18.7. The Morgan fingerprint density at radius 3 is 1.72 bits per heavy atom. The number of rotatable bonds is 15. The summed E-state index contributed by atoms with van der Waals surface area (Å²) in [6.45, 7) is 41.6. The van der Waals surface area contributed by atoms with Gasteiger partial charge in [0, 0.05) is 69.4 Å². The molecular formula is C58H104N4O6. The van der Waals surface area contributed by atoms with Crippen molar-refractivity contribution < 1.29 is 30.1 Å². The van der Waals surface area contributed by atoms with E-state index in [2.05, 4.69) is 112 Å². The standard InChI is InChI=1S/C44H66N4O2.2C3H6O2.4C2H6.H2/c1-29(2)34(8)40(49)45-24-12-11-14-33(7)46-26-31(5)37-16-18-38(19-17-37)43-21-20-42(22-23-44(42,43)28-43)32(6)27-47-36(10)39-15-13-25-48(39)41(50)35(9)30(3)4;2*1-3(4)5-2;4*1-2;/h16-19,26-27,29-30,34-35,39H,11-15,20-25,28H2,1-10H3,(H,45,49);2*1-2H3;4*1-2H3;1H/b31-26+,32-27+,46-33?,47-36?;;;;;;;/t34-,35+,39?,42?,43?,44?;;;;;;;/m1......./s1. The molecule has 1 heterocycles. The van der Waals surface area contributed by atoms with Gasteiger partial charge < -0.3 is 19.7 Å². The Balaban J connectivity index is -0.00000200. The number of amides is 2. The van der Waals surface area contributed by atoms with Gasteiger partial charge >= 0.3 is 11.9 Å². The van der Waals surface area contributed by atoms with E-state index in [1.54, 1.807) is 0 Å². The zero-order valence-corrected chi connectivity index (χ0v) is 47.6. The minimum atomic E-state index is -0.245. The first kappa shape index (κ1) is 66.0. The first-order chi connectivity index (χ1) is 32.2. The van der Waals surface area contributed by atoms with Crippen molar-refractivity contribution in [2.45, 2.75) is 214 Å². The summed E-state index contributed by atoms with van der Waals surface area (Å²) in [7, 11) is 2.70. The Hall–Kier alpha value is -4.08. The van der Waals surface area contributed by atoms with Gasteiger partial charge in [0.1, 0.15) is 0 Å². The molecule has 0 bridgehead atoms. The van der Waals surface area contributed by atoms with Crippen molar-refractivity contribution in [1.82, 2.24) is 10.2 Å². The fourth-order valence-corrected chi connectivity index (χ4v) is 9.57. The van der Waals surface area contributed by atoms with Crippen LogP contribution in [0, 0.1) is 34.5 Å². The molecule has 1 aromatic carbocycles. The maximum absolute atomic E-state index is 13.2. The summed E-state index contributed by atoms with van der Waals surface area (Å²) < 4.78 is 8.22. The highest BCUT2D eigenvalue weighted by Crippen LogP contribution is 2.89. The Bertz CT molecular complexity index is 1770. The molecule has 10 nitrogen and oxygen atoms in total. The summed E-state index contributed by atoms with van der Waals surface area (Å²) >= 11 is 0. The summed E-state index contributed by atoms with van der Waals surface area (Å²) in [6, 6.07) is 9.53. The van der Waals surface area contributed by atoms with E-state index < -0.39 is 0 Å². The van der Waals surface area contributed by atoms with Crippen LogP contribution in [0.4, 0.5) is 0 Å². The lowest BCUT2D eigenvalue weighted by Crippen LogP contribution is -2.43. The molecule has 1 spiro atoms. The number of hydrogen-bond acceptors (Lipinski definition) is 8. The second kappa shape index (κ2) is 33.5. The number of allylic oxidation sites excluding steroid dienone is 2. The molecule has 3 aliphatic carbocycles. The van der Waals surface area contributed by atoms with Crippen LogP contribution in [0.15, 0.2) is 52.2 Å². The van der Waals surface area contributed by atoms with Crippen LogP contribution >= 0.6 is 0 Å². The van der Waals surface area contributed by atoms with Gasteiger partial charge in [-0.1, -0.05) is 121 Å². The van der Waals surface area contributed by atoms with Crippen molar-refractivity contribution in [1.29, 1.82) is 0 Å². The monoisotopic (exact) mass is 953 g/mol. The van der Waals surface area contributed by atoms with Crippen molar-refractivity contribution in [2.75, 3.05) is 27.3 Å². The maximum Gasteiger partial charge on any atom is 0.302 e. The normalized spacial score (nSPS) is 23.1. The number of methoxy groups -OCH3 is 2. The van der Waals surface area contributed by atoms with Crippen molar-refractivity contribution in [3.05, 3.63) is 53.4 Å². The van der Waals surface area contributed by atoms with Gasteiger partial charge in [-0.15, -0.1) is 0 Å². The molecule has 4 fully saturated rings. The topological polar surface area (TPSA) is 127 Å². The van der Waals surface area contributed by atoms with Gasteiger partial charge in [0.05, 0.1) is 20.3 Å². The second-order valence-corrected chi connectivity index (χ2v) is 18.7. The number of likely N-dealkylation sites (tertiary alicyclic amines) is 1. The van der Waals surface area contributed by atoms with E-state index in [-0.39, 0.29) is 48.5 Å². The van der Waals surface area contributed by atoms with Gasteiger partial charge in [0.15, 0.2) is 0 Å². The van der Waals surface area contributed by atoms with E-state index in [1.165, 1.54) is 82.4 Å². The molecule has 1 N–H and O–H groups in total. The lowest BCUT2D eigenvalue weighted by atomic mass is 9.53. The Kier molecular flexibility index (Phi) is 32.5. The first-order valence-electron chi connectivity index (χ1n) is 26.4. The quantitative estimate of drug-likeness (QED) is 0.106. The van der Waals surface area contributed by atoms with Crippen molar-refractivity contribution in [3.8, 4) is 0 Å². The molecule has 10 heteroatoms. The first-order valence-corrected chi connectivity index (χ1v) is 26.4. The molecule has 0 radical (unpaired) electrons. The maximum atomic E-state index is 13.2. The lowest BCUT2D eigenvalue weighted by molar-refractivity contribution is -0.138. The minimum absolute atomic E-state index is 0. The molecule has 2 amide bonds. The summed E-state index contributed by atoms with van der Waals surface area (Å²) in [4.78, 5) is 56.5. The molecule has 68 heavy (non-hydrogen) atoms. The lowest BCUT2D eigenvalue weighted by Gasteiger charge is -2.50. The molecule has 392 valence electrons. The van der Waals surface area contributed by atoms with Crippen LogP contribution in [-0.2, 0) is 34.1 Å². The molecule has 4 unspecified atom stereocenters. The smallest absolute Gasteiger partial charge is 0.302 e. The number of hydrogen-bond donors (Lipinski definition) is 1. The van der Waals surface area contributed by atoms with E-state index in [1.807, 2.05) is 68.5 Å². The number of carbonyl (C=O) groups excluding carboxylic acids is 4. The van der Waals surface area contributed by atoms with E-state index in [0.29, 0.717) is 22.7 Å². The summed E-state index contributed by atoms with van der Waals surface area (Å²) in [5.74, 6) is 0.783. The van der Waals surface area contributed by atoms with Gasteiger partial charge in [0.2, 0.25) is 11.8 Å². The van der Waals surface area contributed by atoms with Crippen LogP contribution < -0.4 is 5.32 Å². The van der Waals surface area contributed by atoms with Crippen molar-refractivity contribution in [3.63, 3.8) is 0 Å². The van der Waals surface area contributed by atoms with Gasteiger partial charge in [0.25, 0.3) is 0 Å². The fourth-order valence-electron chi connectivity index (χ4n) is 9.57. The highest BCUT2D eigenvalue weighted by Gasteiger charge is 2.83. The van der Waals surface area contributed by atoms with Gasteiger partial charge in [-0.2, -0.15) is 0 Å². The number of nitrogens with one attached hydrogen (secondary N) is 1. The fraction of sp³-hybridized carbons (Fsp3) is 0.724. The largest absolute Gasteiger partial charge is 0.469 e. The number of esters is 2. The molecule has 5 rings (SSSR count). The predicted molar refractivity (Wildman–Crippen MR) is 292 cm³/mol. The number of ether oxygens (including phenoxy) is 2. The Morgan fingerprint density at radius 1 is 0.735 bits per heavy atom. The average Bonchev–Trinajstić information content (AvgIpc) is 3.75. The SMILES string of the molecule is CC.CC.CC.CC.CC(CCCCNC(=O)[C@H](C)C(C)C)=N/C=C(\C)c1ccc(C23CCC4(/C(C)=C/N=C(C)C5CCCN5C(=O)[C@@H](C)C(C)C)CCC42C3)cc1.COC(C)=O.COC(C)=O.[HH]. The van der Waals surface area contributed by atoms with Crippen LogP contribution in [-0.4, -0.2) is 73.4 Å². The third-order valence-corrected chi connectivity index (χ3v) is 14.5. The van der Waals surface area contributed by atoms with Gasteiger partial charge in [-0.05, 0) is 137 Å². The van der Waals surface area contributed by atoms with Gasteiger partial charge in [-0.25, -0.2) is 0 Å². The van der Waals surface area contributed by atoms with Crippen molar-refractivity contribution in [2.24, 2.45) is 44.5 Å². The van der Waals surface area contributed by atoms with Crippen LogP contribution in [0.1, 0.15) is 215 Å². The van der Waals surface area contributed by atoms with Crippen LogP contribution in [0.25, 0.3) is 5.57 Å². The summed E-state index contributed by atoms with van der Waals surface area (Å²) in [5.41, 5.74) is 8.56.